The number of para-hydroxylation sites is 1. The number of hydrogen-bond donors (Lipinski definition) is 1. The highest BCUT2D eigenvalue weighted by Crippen LogP contribution is 2.19. The van der Waals surface area contributed by atoms with E-state index in [0.29, 0.717) is 26.0 Å². The highest BCUT2D eigenvalue weighted by Gasteiger charge is 2.04. The van der Waals surface area contributed by atoms with Crippen LogP contribution in [0.25, 0.3) is 0 Å². The summed E-state index contributed by atoms with van der Waals surface area (Å²) >= 11 is 0. The molecule has 0 atom stereocenters. The topological polar surface area (TPSA) is 47.6 Å². The molecule has 2 aromatic rings. The molecule has 4 heteroatoms. The third kappa shape index (κ3) is 8.16. The summed E-state index contributed by atoms with van der Waals surface area (Å²) in [5.74, 6) is 1.89. The minimum absolute atomic E-state index is 0.0815. The van der Waals surface area contributed by atoms with Crippen molar-refractivity contribution in [3.8, 4) is 11.5 Å². The van der Waals surface area contributed by atoms with Gasteiger partial charge in [-0.15, -0.1) is 0 Å². The molecule has 0 fully saturated rings. The normalized spacial score (nSPS) is 10.4. The Labute approximate surface area is 162 Å². The Balaban J connectivity index is 1.57. The molecular weight excluding hydrogens is 338 g/mol. The van der Waals surface area contributed by atoms with E-state index in [1.54, 1.807) is 0 Å². The molecule has 0 spiro atoms. The highest BCUT2D eigenvalue weighted by molar-refractivity contribution is 5.75. The lowest BCUT2D eigenvalue weighted by Crippen LogP contribution is -2.25. The van der Waals surface area contributed by atoms with Gasteiger partial charge in [-0.3, -0.25) is 4.79 Å². The zero-order chi connectivity index (χ0) is 19.3. The van der Waals surface area contributed by atoms with Crippen LogP contribution in [0.15, 0.2) is 48.5 Å². The summed E-state index contributed by atoms with van der Waals surface area (Å²) < 4.78 is 11.4. The minimum Gasteiger partial charge on any atom is -0.494 e. The van der Waals surface area contributed by atoms with E-state index in [2.05, 4.69) is 18.3 Å². The Bertz CT molecular complexity index is 682. The summed E-state index contributed by atoms with van der Waals surface area (Å²) in [4.78, 5) is 11.9. The second-order valence-corrected chi connectivity index (χ2v) is 6.67. The zero-order valence-electron chi connectivity index (χ0n) is 16.5. The molecule has 146 valence electrons. The first kappa shape index (κ1) is 20.8. The van der Waals surface area contributed by atoms with E-state index < -0.39 is 0 Å². The lowest BCUT2D eigenvalue weighted by molar-refractivity contribution is -0.121. The van der Waals surface area contributed by atoms with Crippen molar-refractivity contribution in [2.75, 3.05) is 19.8 Å². The van der Waals surface area contributed by atoms with Gasteiger partial charge in [0.2, 0.25) is 5.91 Å². The SMILES string of the molecule is CCCOc1ccccc1CCCNC(=O)CCCOc1ccc(C)cc1. The molecule has 2 rings (SSSR count). The Morgan fingerprint density at radius 2 is 1.74 bits per heavy atom. The van der Waals surface area contributed by atoms with Crippen molar-refractivity contribution in [2.24, 2.45) is 0 Å². The van der Waals surface area contributed by atoms with Gasteiger partial charge in [0.25, 0.3) is 0 Å². The predicted molar refractivity (Wildman–Crippen MR) is 109 cm³/mol. The van der Waals surface area contributed by atoms with Crippen molar-refractivity contribution in [2.45, 2.75) is 46.0 Å². The first-order valence-corrected chi connectivity index (χ1v) is 9.86. The van der Waals surface area contributed by atoms with E-state index in [1.165, 1.54) is 11.1 Å². The van der Waals surface area contributed by atoms with Gasteiger partial charge in [0.1, 0.15) is 11.5 Å². The summed E-state index contributed by atoms with van der Waals surface area (Å²) in [5.41, 5.74) is 2.41. The summed E-state index contributed by atoms with van der Waals surface area (Å²) in [7, 11) is 0. The van der Waals surface area contributed by atoms with Crippen LogP contribution in [-0.2, 0) is 11.2 Å². The van der Waals surface area contributed by atoms with Gasteiger partial charge in [0.15, 0.2) is 0 Å². The average molecular weight is 370 g/mol. The van der Waals surface area contributed by atoms with Crippen LogP contribution < -0.4 is 14.8 Å². The second-order valence-electron chi connectivity index (χ2n) is 6.67. The van der Waals surface area contributed by atoms with Gasteiger partial charge < -0.3 is 14.8 Å². The molecular formula is C23H31NO3. The number of ether oxygens (including phenoxy) is 2. The van der Waals surface area contributed by atoms with E-state index in [0.717, 1.165) is 37.4 Å². The van der Waals surface area contributed by atoms with Crippen molar-refractivity contribution in [3.63, 3.8) is 0 Å². The molecule has 0 aliphatic heterocycles. The predicted octanol–water partition coefficient (Wildman–Crippen LogP) is 4.69. The quantitative estimate of drug-likeness (QED) is 0.552. The van der Waals surface area contributed by atoms with Crippen molar-refractivity contribution in [1.29, 1.82) is 0 Å². The fourth-order valence-corrected chi connectivity index (χ4v) is 2.72. The van der Waals surface area contributed by atoms with Crippen molar-refractivity contribution < 1.29 is 14.3 Å². The van der Waals surface area contributed by atoms with E-state index in [-0.39, 0.29) is 5.91 Å². The number of carbonyl (C=O) groups excluding carboxylic acids is 1. The third-order valence-corrected chi connectivity index (χ3v) is 4.22. The standard InChI is InChI=1S/C23H31NO3/c1-3-17-27-22-10-5-4-8-20(22)9-6-16-24-23(25)11-7-18-26-21-14-12-19(2)13-15-21/h4-5,8,10,12-15H,3,6-7,9,11,16-18H2,1-2H3,(H,24,25). The molecule has 1 amide bonds. The van der Waals surface area contributed by atoms with Crippen LogP contribution in [0.5, 0.6) is 11.5 Å². The monoisotopic (exact) mass is 369 g/mol. The molecule has 0 bridgehead atoms. The van der Waals surface area contributed by atoms with Crippen LogP contribution in [-0.4, -0.2) is 25.7 Å². The molecule has 0 heterocycles. The zero-order valence-corrected chi connectivity index (χ0v) is 16.5. The van der Waals surface area contributed by atoms with Crippen LogP contribution in [0.3, 0.4) is 0 Å². The minimum atomic E-state index is 0.0815. The van der Waals surface area contributed by atoms with Gasteiger partial charge in [-0.05, 0) is 56.4 Å². The van der Waals surface area contributed by atoms with E-state index in [4.69, 9.17) is 9.47 Å². The Kier molecular flexibility index (Phi) is 9.25. The van der Waals surface area contributed by atoms with Crippen LogP contribution in [0, 0.1) is 6.92 Å². The number of carbonyl (C=O) groups is 1. The number of nitrogens with one attached hydrogen (secondary N) is 1. The number of benzene rings is 2. The molecule has 2 aromatic carbocycles. The first-order valence-electron chi connectivity index (χ1n) is 9.86. The molecule has 0 aliphatic rings. The largest absolute Gasteiger partial charge is 0.494 e. The molecule has 27 heavy (non-hydrogen) atoms. The lowest BCUT2D eigenvalue weighted by Gasteiger charge is -2.11. The maximum Gasteiger partial charge on any atom is 0.220 e. The van der Waals surface area contributed by atoms with Gasteiger partial charge in [0.05, 0.1) is 13.2 Å². The van der Waals surface area contributed by atoms with Gasteiger partial charge in [0, 0.05) is 13.0 Å². The van der Waals surface area contributed by atoms with Gasteiger partial charge >= 0.3 is 0 Å². The fraction of sp³-hybridized carbons (Fsp3) is 0.435. The van der Waals surface area contributed by atoms with Crippen LogP contribution in [0.4, 0.5) is 0 Å². The Morgan fingerprint density at radius 3 is 2.52 bits per heavy atom. The van der Waals surface area contributed by atoms with E-state index in [1.807, 2.05) is 49.4 Å². The number of aryl methyl sites for hydroxylation is 2. The molecule has 0 unspecified atom stereocenters. The fourth-order valence-electron chi connectivity index (χ4n) is 2.72. The number of rotatable bonds is 12. The van der Waals surface area contributed by atoms with Crippen molar-refractivity contribution >= 4 is 5.91 Å². The molecule has 1 N–H and O–H groups in total. The van der Waals surface area contributed by atoms with E-state index in [9.17, 15) is 4.79 Å². The molecule has 0 aliphatic carbocycles. The van der Waals surface area contributed by atoms with Crippen LogP contribution in [0.1, 0.15) is 43.7 Å². The van der Waals surface area contributed by atoms with Gasteiger partial charge in [-0.25, -0.2) is 0 Å². The highest BCUT2D eigenvalue weighted by atomic mass is 16.5. The molecule has 4 nitrogen and oxygen atoms in total. The third-order valence-electron chi connectivity index (χ3n) is 4.22. The number of hydrogen-bond acceptors (Lipinski definition) is 3. The summed E-state index contributed by atoms with van der Waals surface area (Å²) in [6, 6.07) is 16.1. The number of amides is 1. The maximum absolute atomic E-state index is 11.9. The second kappa shape index (κ2) is 12.0. The molecule has 0 saturated carbocycles. The average Bonchev–Trinajstić information content (AvgIpc) is 2.69. The smallest absolute Gasteiger partial charge is 0.220 e. The van der Waals surface area contributed by atoms with E-state index >= 15 is 0 Å². The van der Waals surface area contributed by atoms with Crippen molar-refractivity contribution in [3.05, 3.63) is 59.7 Å². The Hall–Kier alpha value is -2.49. The Morgan fingerprint density at radius 1 is 0.963 bits per heavy atom. The molecule has 0 radical (unpaired) electrons. The van der Waals surface area contributed by atoms with Gasteiger partial charge in [-0.2, -0.15) is 0 Å². The molecule has 0 saturated heterocycles. The summed E-state index contributed by atoms with van der Waals surface area (Å²) in [6.45, 7) is 6.12. The van der Waals surface area contributed by atoms with Gasteiger partial charge in [-0.1, -0.05) is 42.8 Å². The summed E-state index contributed by atoms with van der Waals surface area (Å²) in [5, 5.41) is 2.99. The maximum atomic E-state index is 11.9. The lowest BCUT2D eigenvalue weighted by atomic mass is 10.1. The van der Waals surface area contributed by atoms with Crippen molar-refractivity contribution in [1.82, 2.24) is 5.32 Å². The van der Waals surface area contributed by atoms with Crippen LogP contribution >= 0.6 is 0 Å². The summed E-state index contributed by atoms with van der Waals surface area (Å²) in [6.07, 6.45) is 4.00. The first-order chi connectivity index (χ1) is 13.2. The molecule has 0 aromatic heterocycles. The van der Waals surface area contributed by atoms with Crippen LogP contribution in [0.2, 0.25) is 0 Å².